The molecular formula is C24H30BrN3O. The number of carbonyl (C=O) groups is 1. The SMILES string of the molecule is CC(C)(C)C(=O)NCCCCCc1nc2ccccc2n1Cc1ccc(Br)cc1. The molecule has 1 amide bonds. The molecule has 1 heterocycles. The zero-order valence-corrected chi connectivity index (χ0v) is 19.1. The van der Waals surface area contributed by atoms with Gasteiger partial charge < -0.3 is 9.88 Å². The number of aryl methyl sites for hydroxylation is 1. The maximum atomic E-state index is 11.9. The van der Waals surface area contributed by atoms with Crippen LogP contribution in [0.5, 0.6) is 0 Å². The molecule has 2 aromatic carbocycles. The van der Waals surface area contributed by atoms with E-state index in [0.717, 1.165) is 54.6 Å². The van der Waals surface area contributed by atoms with E-state index in [9.17, 15) is 4.79 Å². The van der Waals surface area contributed by atoms with Gasteiger partial charge in [-0.15, -0.1) is 0 Å². The summed E-state index contributed by atoms with van der Waals surface area (Å²) in [5, 5.41) is 3.03. The van der Waals surface area contributed by atoms with Gasteiger partial charge in [-0.2, -0.15) is 0 Å². The molecule has 0 radical (unpaired) electrons. The normalized spacial score (nSPS) is 11.7. The third-order valence-corrected chi connectivity index (χ3v) is 5.56. The first-order chi connectivity index (χ1) is 13.8. The number of unbranched alkanes of at least 4 members (excludes halogenated alkanes) is 2. The van der Waals surface area contributed by atoms with E-state index in [-0.39, 0.29) is 11.3 Å². The fourth-order valence-electron chi connectivity index (χ4n) is 3.32. The quantitative estimate of drug-likeness (QED) is 0.441. The highest BCUT2D eigenvalue weighted by atomic mass is 79.9. The number of nitrogens with one attached hydrogen (secondary N) is 1. The fraction of sp³-hybridized carbons (Fsp3) is 0.417. The molecule has 0 spiro atoms. The Kier molecular flexibility index (Phi) is 7.12. The van der Waals surface area contributed by atoms with Gasteiger partial charge in [0.05, 0.1) is 11.0 Å². The first kappa shape index (κ1) is 21.6. The number of fused-ring (bicyclic) bond motifs is 1. The van der Waals surface area contributed by atoms with Gasteiger partial charge in [0.15, 0.2) is 0 Å². The smallest absolute Gasteiger partial charge is 0.225 e. The molecule has 0 fully saturated rings. The topological polar surface area (TPSA) is 46.9 Å². The maximum Gasteiger partial charge on any atom is 0.225 e. The number of aromatic nitrogens is 2. The van der Waals surface area contributed by atoms with E-state index in [1.54, 1.807) is 0 Å². The molecule has 0 aliphatic carbocycles. The number of imidazole rings is 1. The molecule has 0 atom stereocenters. The largest absolute Gasteiger partial charge is 0.356 e. The number of hydrogen-bond acceptors (Lipinski definition) is 2. The third kappa shape index (κ3) is 5.92. The summed E-state index contributed by atoms with van der Waals surface area (Å²) in [5.41, 5.74) is 3.18. The maximum absolute atomic E-state index is 11.9. The van der Waals surface area contributed by atoms with E-state index < -0.39 is 0 Å². The first-order valence-electron chi connectivity index (χ1n) is 10.3. The lowest BCUT2D eigenvalue weighted by Gasteiger charge is -2.17. The standard InChI is InChI=1S/C24H30BrN3O/c1-24(2,3)23(29)26-16-8-4-5-11-22-27-20-9-6-7-10-21(20)28(22)17-18-12-14-19(25)15-13-18/h6-7,9-10,12-15H,4-5,8,11,16-17H2,1-3H3,(H,26,29). The molecule has 5 heteroatoms. The van der Waals surface area contributed by atoms with E-state index in [4.69, 9.17) is 4.98 Å². The lowest BCUT2D eigenvalue weighted by molar-refractivity contribution is -0.128. The molecular weight excluding hydrogens is 426 g/mol. The Morgan fingerprint density at radius 3 is 2.48 bits per heavy atom. The van der Waals surface area contributed by atoms with Gasteiger partial charge in [-0.25, -0.2) is 4.98 Å². The van der Waals surface area contributed by atoms with Crippen molar-refractivity contribution in [3.8, 4) is 0 Å². The zero-order valence-electron chi connectivity index (χ0n) is 17.5. The summed E-state index contributed by atoms with van der Waals surface area (Å²) >= 11 is 3.51. The molecule has 3 aromatic rings. The second kappa shape index (κ2) is 9.57. The van der Waals surface area contributed by atoms with Gasteiger partial charge in [0.25, 0.3) is 0 Å². The molecule has 0 bridgehead atoms. The lowest BCUT2D eigenvalue weighted by atomic mass is 9.96. The molecule has 3 rings (SSSR count). The van der Waals surface area contributed by atoms with Gasteiger partial charge in [0.2, 0.25) is 5.91 Å². The molecule has 29 heavy (non-hydrogen) atoms. The number of nitrogens with zero attached hydrogens (tertiary/aromatic N) is 2. The highest BCUT2D eigenvalue weighted by molar-refractivity contribution is 9.10. The van der Waals surface area contributed by atoms with Crippen LogP contribution in [0.2, 0.25) is 0 Å². The van der Waals surface area contributed by atoms with Crippen molar-refractivity contribution in [3.63, 3.8) is 0 Å². The Balaban J connectivity index is 1.60. The van der Waals surface area contributed by atoms with Crippen molar-refractivity contribution in [2.45, 2.75) is 53.0 Å². The number of benzene rings is 2. The predicted octanol–water partition coefficient (Wildman–Crippen LogP) is 5.72. The summed E-state index contributed by atoms with van der Waals surface area (Å²) in [4.78, 5) is 16.8. The Labute approximate surface area is 181 Å². The predicted molar refractivity (Wildman–Crippen MR) is 123 cm³/mol. The van der Waals surface area contributed by atoms with Crippen molar-refractivity contribution in [2.75, 3.05) is 6.54 Å². The van der Waals surface area contributed by atoms with Crippen molar-refractivity contribution in [1.29, 1.82) is 0 Å². The van der Waals surface area contributed by atoms with Gasteiger partial charge in [-0.3, -0.25) is 4.79 Å². The molecule has 1 N–H and O–H groups in total. The van der Waals surface area contributed by atoms with Crippen LogP contribution in [0.25, 0.3) is 11.0 Å². The zero-order chi connectivity index (χ0) is 20.9. The molecule has 0 aliphatic heterocycles. The minimum Gasteiger partial charge on any atom is -0.356 e. The molecule has 4 nitrogen and oxygen atoms in total. The summed E-state index contributed by atoms with van der Waals surface area (Å²) < 4.78 is 3.43. The van der Waals surface area contributed by atoms with Crippen molar-refractivity contribution < 1.29 is 4.79 Å². The molecule has 0 saturated carbocycles. The van der Waals surface area contributed by atoms with E-state index in [2.05, 4.69) is 68.3 Å². The minimum absolute atomic E-state index is 0.119. The van der Waals surface area contributed by atoms with Crippen LogP contribution >= 0.6 is 15.9 Å². The molecule has 0 aliphatic rings. The van der Waals surface area contributed by atoms with Crippen LogP contribution in [0.4, 0.5) is 0 Å². The average Bonchev–Trinajstić information content (AvgIpc) is 3.03. The van der Waals surface area contributed by atoms with Gasteiger partial charge in [-0.05, 0) is 42.7 Å². The number of rotatable bonds is 8. The minimum atomic E-state index is -0.322. The molecule has 154 valence electrons. The number of para-hydroxylation sites is 2. The van der Waals surface area contributed by atoms with Crippen LogP contribution in [0, 0.1) is 5.41 Å². The van der Waals surface area contributed by atoms with Crippen LogP contribution in [0.1, 0.15) is 51.4 Å². The lowest BCUT2D eigenvalue weighted by Crippen LogP contribution is -2.35. The number of halogens is 1. The molecule has 0 unspecified atom stereocenters. The summed E-state index contributed by atoms with van der Waals surface area (Å²) in [6.45, 7) is 7.39. The van der Waals surface area contributed by atoms with Crippen molar-refractivity contribution in [2.24, 2.45) is 5.41 Å². The highest BCUT2D eigenvalue weighted by Gasteiger charge is 2.20. The highest BCUT2D eigenvalue weighted by Crippen LogP contribution is 2.20. The Morgan fingerprint density at radius 1 is 1.03 bits per heavy atom. The van der Waals surface area contributed by atoms with E-state index >= 15 is 0 Å². The number of carbonyl (C=O) groups excluding carboxylic acids is 1. The van der Waals surface area contributed by atoms with Gasteiger partial charge >= 0.3 is 0 Å². The Bertz CT molecular complexity index is 954. The van der Waals surface area contributed by atoms with Crippen LogP contribution in [0.15, 0.2) is 53.0 Å². The van der Waals surface area contributed by atoms with Crippen molar-refractivity contribution >= 4 is 32.9 Å². The second-order valence-electron chi connectivity index (χ2n) is 8.55. The summed E-state index contributed by atoms with van der Waals surface area (Å²) in [6.07, 6.45) is 4.08. The summed E-state index contributed by atoms with van der Waals surface area (Å²) in [6, 6.07) is 16.8. The summed E-state index contributed by atoms with van der Waals surface area (Å²) in [5.74, 6) is 1.25. The van der Waals surface area contributed by atoms with Crippen molar-refractivity contribution in [1.82, 2.24) is 14.9 Å². The molecule has 0 saturated heterocycles. The van der Waals surface area contributed by atoms with Crippen LogP contribution in [0.3, 0.4) is 0 Å². The monoisotopic (exact) mass is 455 g/mol. The third-order valence-electron chi connectivity index (χ3n) is 5.03. The van der Waals surface area contributed by atoms with Crippen LogP contribution in [-0.2, 0) is 17.8 Å². The Hall–Kier alpha value is -2.14. The van der Waals surface area contributed by atoms with Gasteiger partial charge in [-0.1, -0.05) is 67.4 Å². The van der Waals surface area contributed by atoms with Gasteiger partial charge in [0.1, 0.15) is 5.82 Å². The number of hydrogen-bond donors (Lipinski definition) is 1. The van der Waals surface area contributed by atoms with Gasteiger partial charge in [0, 0.05) is 29.4 Å². The van der Waals surface area contributed by atoms with E-state index in [0.29, 0.717) is 0 Å². The van der Waals surface area contributed by atoms with E-state index in [1.165, 1.54) is 11.1 Å². The molecule has 1 aromatic heterocycles. The van der Waals surface area contributed by atoms with Crippen LogP contribution < -0.4 is 5.32 Å². The number of amides is 1. The van der Waals surface area contributed by atoms with Crippen molar-refractivity contribution in [3.05, 3.63) is 64.4 Å². The second-order valence-corrected chi connectivity index (χ2v) is 9.46. The van der Waals surface area contributed by atoms with E-state index in [1.807, 2.05) is 26.8 Å². The first-order valence-corrected chi connectivity index (χ1v) is 11.1. The Morgan fingerprint density at radius 2 is 1.76 bits per heavy atom. The summed E-state index contributed by atoms with van der Waals surface area (Å²) in [7, 11) is 0. The van der Waals surface area contributed by atoms with Crippen LogP contribution in [-0.4, -0.2) is 22.0 Å². The fourth-order valence-corrected chi connectivity index (χ4v) is 3.58. The average molecular weight is 456 g/mol.